The molecule has 0 saturated heterocycles. The number of rotatable bonds is 2. The van der Waals surface area contributed by atoms with Gasteiger partial charge in [-0.05, 0) is 68.4 Å². The highest BCUT2D eigenvalue weighted by Gasteiger charge is 2.22. The van der Waals surface area contributed by atoms with Crippen molar-refractivity contribution in [2.45, 2.75) is 0 Å². The van der Waals surface area contributed by atoms with E-state index in [9.17, 15) is 0 Å². The number of nitrogens with zero attached hydrogens (tertiary/aromatic N) is 3. The molecule has 0 bridgehead atoms. The minimum atomic E-state index is 1.11. The number of hydrogen-bond donors (Lipinski definition) is 0. The minimum Gasteiger partial charge on any atom is -0.309 e. The van der Waals surface area contributed by atoms with Gasteiger partial charge in [0.15, 0.2) is 0 Å². The normalized spacial score (nSPS) is 12.0. The van der Waals surface area contributed by atoms with Crippen LogP contribution in [0.3, 0.4) is 0 Å². The lowest BCUT2D eigenvalue weighted by Crippen LogP contribution is -1.94. The molecule has 0 N–H and O–H groups in total. The van der Waals surface area contributed by atoms with E-state index in [1.807, 2.05) is 24.8 Å². The molecule has 162 valence electrons. The highest BCUT2D eigenvalue weighted by molar-refractivity contribution is 6.18. The van der Waals surface area contributed by atoms with E-state index in [0.717, 1.165) is 27.5 Å². The van der Waals surface area contributed by atoms with E-state index < -0.39 is 0 Å². The van der Waals surface area contributed by atoms with Gasteiger partial charge in [-0.3, -0.25) is 9.97 Å². The van der Waals surface area contributed by atoms with Crippen molar-refractivity contribution in [3.05, 3.63) is 116 Å². The fourth-order valence-corrected chi connectivity index (χ4v) is 5.86. The Balaban J connectivity index is 1.38. The van der Waals surface area contributed by atoms with E-state index >= 15 is 0 Å². The Hall–Kier alpha value is -4.76. The largest absolute Gasteiger partial charge is 0.309 e. The van der Waals surface area contributed by atoms with Gasteiger partial charge in [0, 0.05) is 41.2 Å². The van der Waals surface area contributed by atoms with E-state index in [1.165, 1.54) is 44.2 Å². The molecule has 0 saturated carbocycles. The van der Waals surface area contributed by atoms with Gasteiger partial charge in [-0.15, -0.1) is 0 Å². The summed E-state index contributed by atoms with van der Waals surface area (Å²) in [5, 5.41) is 4.88. The lowest BCUT2D eigenvalue weighted by atomic mass is 9.94. The predicted molar refractivity (Wildman–Crippen MR) is 144 cm³/mol. The monoisotopic (exact) mass is 445 g/mol. The van der Waals surface area contributed by atoms with Crippen LogP contribution in [0.1, 0.15) is 0 Å². The van der Waals surface area contributed by atoms with Gasteiger partial charge in [0.25, 0.3) is 0 Å². The SMILES string of the molecule is c1cc(-c2ccc3c4c(cccc24)-c2ccccc2-3)cc(-n2c3ccncc3c3cnccc32)c1. The maximum Gasteiger partial charge on any atom is 0.0572 e. The lowest BCUT2D eigenvalue weighted by Gasteiger charge is -2.13. The second-order valence-electron chi connectivity index (χ2n) is 9.11. The predicted octanol–water partition coefficient (Wildman–Crippen LogP) is 8.04. The van der Waals surface area contributed by atoms with Crippen molar-refractivity contribution >= 4 is 32.6 Å². The van der Waals surface area contributed by atoms with E-state index in [0.29, 0.717) is 0 Å². The molecule has 0 amide bonds. The van der Waals surface area contributed by atoms with Crippen LogP contribution in [-0.2, 0) is 0 Å². The van der Waals surface area contributed by atoms with E-state index in [2.05, 4.69) is 106 Å². The van der Waals surface area contributed by atoms with Crippen LogP contribution in [0.15, 0.2) is 116 Å². The number of hydrogen-bond acceptors (Lipinski definition) is 2. The van der Waals surface area contributed by atoms with Gasteiger partial charge in [0.1, 0.15) is 0 Å². The molecule has 1 aliphatic carbocycles. The average molecular weight is 446 g/mol. The third kappa shape index (κ3) is 2.50. The molecule has 0 radical (unpaired) electrons. The van der Waals surface area contributed by atoms with Gasteiger partial charge in [-0.25, -0.2) is 0 Å². The fraction of sp³-hybridized carbons (Fsp3) is 0. The first kappa shape index (κ1) is 18.6. The summed E-state index contributed by atoms with van der Waals surface area (Å²) in [6.45, 7) is 0. The van der Waals surface area contributed by atoms with Crippen molar-refractivity contribution in [1.82, 2.24) is 14.5 Å². The van der Waals surface area contributed by atoms with Gasteiger partial charge < -0.3 is 4.57 Å². The Morgan fingerprint density at radius 1 is 0.486 bits per heavy atom. The fourth-order valence-electron chi connectivity index (χ4n) is 5.86. The molecule has 1 aliphatic rings. The Kier molecular flexibility index (Phi) is 3.66. The summed E-state index contributed by atoms with van der Waals surface area (Å²) in [5.41, 5.74) is 11.2. The Bertz CT molecular complexity index is 1880. The first-order valence-electron chi connectivity index (χ1n) is 11.8. The van der Waals surface area contributed by atoms with E-state index in [1.54, 1.807) is 0 Å². The van der Waals surface area contributed by atoms with Crippen LogP contribution >= 0.6 is 0 Å². The standard InChI is InChI=1S/C32H19N3/c1-2-8-24-23(7-1)26-10-4-9-25-22(11-12-27(24)32(25)26)20-5-3-6-21(17-20)35-30-13-15-33-18-28(30)29-19-34-16-14-31(29)35/h1-19H. The molecular formula is C32H19N3. The van der Waals surface area contributed by atoms with Crippen LogP contribution in [0.5, 0.6) is 0 Å². The Labute approximate surface area is 202 Å². The van der Waals surface area contributed by atoms with Crippen molar-refractivity contribution in [1.29, 1.82) is 0 Å². The van der Waals surface area contributed by atoms with Crippen LogP contribution in [-0.4, -0.2) is 14.5 Å². The minimum absolute atomic E-state index is 1.11. The van der Waals surface area contributed by atoms with Gasteiger partial charge >= 0.3 is 0 Å². The molecule has 0 fully saturated rings. The zero-order chi connectivity index (χ0) is 22.9. The van der Waals surface area contributed by atoms with E-state index in [4.69, 9.17) is 0 Å². The maximum absolute atomic E-state index is 4.37. The summed E-state index contributed by atoms with van der Waals surface area (Å²) >= 11 is 0. The summed E-state index contributed by atoms with van der Waals surface area (Å²) in [6, 6.07) is 33.0. The van der Waals surface area contributed by atoms with Crippen molar-refractivity contribution in [3.63, 3.8) is 0 Å². The summed E-state index contributed by atoms with van der Waals surface area (Å²) in [5.74, 6) is 0. The second kappa shape index (κ2) is 6.87. The molecule has 3 heteroatoms. The molecule has 3 aromatic heterocycles. The molecule has 8 rings (SSSR count). The molecule has 0 spiro atoms. The van der Waals surface area contributed by atoms with Crippen LogP contribution in [0.2, 0.25) is 0 Å². The van der Waals surface area contributed by atoms with Crippen LogP contribution in [0.25, 0.3) is 71.6 Å². The molecule has 0 atom stereocenters. The van der Waals surface area contributed by atoms with Gasteiger partial charge in [-0.2, -0.15) is 0 Å². The van der Waals surface area contributed by atoms with Crippen LogP contribution in [0, 0.1) is 0 Å². The Morgan fingerprint density at radius 3 is 1.86 bits per heavy atom. The van der Waals surface area contributed by atoms with E-state index in [-0.39, 0.29) is 0 Å². The van der Waals surface area contributed by atoms with Crippen molar-refractivity contribution in [2.75, 3.05) is 0 Å². The molecule has 7 aromatic rings. The Morgan fingerprint density at radius 2 is 1.11 bits per heavy atom. The average Bonchev–Trinajstić information content (AvgIpc) is 3.44. The third-order valence-electron chi connectivity index (χ3n) is 7.33. The molecule has 35 heavy (non-hydrogen) atoms. The number of fused-ring (bicyclic) bond motifs is 6. The molecule has 3 nitrogen and oxygen atoms in total. The first-order valence-corrected chi connectivity index (χ1v) is 11.8. The topological polar surface area (TPSA) is 30.7 Å². The van der Waals surface area contributed by atoms with Crippen molar-refractivity contribution < 1.29 is 0 Å². The summed E-state index contributed by atoms with van der Waals surface area (Å²) in [4.78, 5) is 8.74. The maximum atomic E-state index is 4.37. The molecule has 3 heterocycles. The number of aromatic nitrogens is 3. The van der Waals surface area contributed by atoms with Crippen LogP contribution < -0.4 is 0 Å². The molecule has 4 aromatic carbocycles. The quantitative estimate of drug-likeness (QED) is 0.269. The van der Waals surface area contributed by atoms with Crippen molar-refractivity contribution in [2.24, 2.45) is 0 Å². The third-order valence-corrected chi connectivity index (χ3v) is 7.33. The smallest absolute Gasteiger partial charge is 0.0572 e. The highest BCUT2D eigenvalue weighted by Crippen LogP contribution is 2.49. The van der Waals surface area contributed by atoms with Gasteiger partial charge in [0.2, 0.25) is 0 Å². The van der Waals surface area contributed by atoms with Crippen molar-refractivity contribution in [3.8, 4) is 39.1 Å². The lowest BCUT2D eigenvalue weighted by molar-refractivity contribution is 1.17. The number of benzene rings is 4. The zero-order valence-electron chi connectivity index (χ0n) is 18.8. The zero-order valence-corrected chi connectivity index (χ0v) is 18.8. The van der Waals surface area contributed by atoms with Gasteiger partial charge in [-0.1, -0.05) is 66.7 Å². The number of pyridine rings is 2. The first-order chi connectivity index (χ1) is 17.4. The molecule has 0 unspecified atom stereocenters. The summed E-state index contributed by atoms with van der Waals surface area (Å²) in [7, 11) is 0. The highest BCUT2D eigenvalue weighted by atomic mass is 15.0. The molecular weight excluding hydrogens is 426 g/mol. The summed E-state index contributed by atoms with van der Waals surface area (Å²) in [6.07, 6.45) is 7.58. The van der Waals surface area contributed by atoms with Gasteiger partial charge in [0.05, 0.1) is 11.0 Å². The second-order valence-corrected chi connectivity index (χ2v) is 9.11. The molecule has 0 aliphatic heterocycles. The summed E-state index contributed by atoms with van der Waals surface area (Å²) < 4.78 is 2.31. The van der Waals surface area contributed by atoms with Crippen LogP contribution in [0.4, 0.5) is 0 Å².